The average molecular weight is 529 g/mol. The van der Waals surface area contributed by atoms with Crippen molar-refractivity contribution in [3.63, 3.8) is 0 Å². The van der Waals surface area contributed by atoms with E-state index in [1.54, 1.807) is 19.9 Å². The Morgan fingerprint density at radius 3 is 2.55 bits per heavy atom. The van der Waals surface area contributed by atoms with E-state index in [1.165, 1.54) is 7.11 Å². The molecule has 2 aromatic rings. The first-order chi connectivity index (χ1) is 17.9. The number of esters is 3. The van der Waals surface area contributed by atoms with Crippen molar-refractivity contribution in [1.82, 2.24) is 0 Å². The van der Waals surface area contributed by atoms with Gasteiger partial charge in [-0.2, -0.15) is 0 Å². The van der Waals surface area contributed by atoms with Crippen LogP contribution in [-0.2, 0) is 32.0 Å². The van der Waals surface area contributed by atoms with Gasteiger partial charge in [-0.1, -0.05) is 11.6 Å². The highest BCUT2D eigenvalue weighted by Gasteiger charge is 2.48. The Kier molecular flexibility index (Phi) is 6.98. The van der Waals surface area contributed by atoms with Crippen LogP contribution in [0.1, 0.15) is 75.8 Å². The molecule has 0 radical (unpaired) electrons. The number of fused-ring (bicyclic) bond motifs is 2. The molecule has 0 spiro atoms. The summed E-state index contributed by atoms with van der Waals surface area (Å²) in [5.74, 6) is -5.30. The second kappa shape index (κ2) is 9.90. The van der Waals surface area contributed by atoms with Crippen molar-refractivity contribution in [2.45, 2.75) is 58.5 Å². The number of cyclic esters (lactones) is 2. The number of phenolic OH excluding ortho intramolecular Hbond substituents is 3. The van der Waals surface area contributed by atoms with Crippen LogP contribution in [0.15, 0.2) is 23.8 Å². The minimum atomic E-state index is -2.23. The fourth-order valence-electron chi connectivity index (χ4n) is 4.71. The first-order valence-electron chi connectivity index (χ1n) is 11.8. The van der Waals surface area contributed by atoms with E-state index in [2.05, 4.69) is 0 Å². The number of benzene rings is 2. The molecule has 4 N–H and O–H groups in total. The van der Waals surface area contributed by atoms with E-state index in [-0.39, 0.29) is 54.1 Å². The van der Waals surface area contributed by atoms with E-state index in [0.717, 1.165) is 24.6 Å². The lowest BCUT2D eigenvalue weighted by Crippen LogP contribution is -2.44. The number of carbonyl (C=O) groups is 3. The molecule has 0 saturated heterocycles. The van der Waals surface area contributed by atoms with Gasteiger partial charge in [0.15, 0.2) is 6.10 Å². The number of carbonyl (C=O) groups excluding carboxylic acids is 3. The van der Waals surface area contributed by atoms with E-state index in [9.17, 15) is 34.8 Å². The molecular weight excluding hydrogens is 500 g/mol. The average Bonchev–Trinajstić information content (AvgIpc) is 3.22. The SMILES string of the molecule is COc1c(C)c2c(c(O)c1C/C=C(\C)CCC(=O)OC1c3cc(O)cc(O)c3C(=O)OC1(C)O)C(=O)OC2. The molecule has 0 amide bonds. The van der Waals surface area contributed by atoms with E-state index in [4.69, 9.17) is 18.9 Å². The van der Waals surface area contributed by atoms with Crippen molar-refractivity contribution in [3.05, 3.63) is 57.2 Å². The predicted octanol–water partition coefficient (Wildman–Crippen LogP) is 3.22. The number of allylic oxidation sites excluding steroid dienone is 2. The molecule has 2 aliphatic rings. The van der Waals surface area contributed by atoms with Crippen LogP contribution in [0.2, 0.25) is 0 Å². The summed E-state index contributed by atoms with van der Waals surface area (Å²) in [4.78, 5) is 37.0. The highest BCUT2D eigenvalue weighted by Crippen LogP contribution is 2.44. The van der Waals surface area contributed by atoms with Gasteiger partial charge in [-0.3, -0.25) is 4.79 Å². The van der Waals surface area contributed by atoms with Crippen molar-refractivity contribution < 1.29 is 53.8 Å². The summed E-state index contributed by atoms with van der Waals surface area (Å²) >= 11 is 0. The van der Waals surface area contributed by atoms with Crippen LogP contribution in [0.4, 0.5) is 0 Å². The molecule has 0 aliphatic carbocycles. The molecule has 0 saturated carbocycles. The van der Waals surface area contributed by atoms with Crippen LogP contribution in [0.5, 0.6) is 23.0 Å². The molecule has 0 bridgehead atoms. The molecule has 4 rings (SSSR count). The Morgan fingerprint density at radius 2 is 1.87 bits per heavy atom. The fourth-order valence-corrected chi connectivity index (χ4v) is 4.71. The topological polar surface area (TPSA) is 169 Å². The summed E-state index contributed by atoms with van der Waals surface area (Å²) in [6.45, 7) is 4.75. The fraction of sp³-hybridized carbons (Fsp3) is 0.370. The quantitative estimate of drug-likeness (QED) is 0.236. The zero-order valence-corrected chi connectivity index (χ0v) is 21.3. The second-order valence-electron chi connectivity index (χ2n) is 9.41. The number of hydrogen-bond donors (Lipinski definition) is 4. The molecule has 202 valence electrons. The largest absolute Gasteiger partial charge is 0.508 e. The minimum Gasteiger partial charge on any atom is -0.508 e. The summed E-state index contributed by atoms with van der Waals surface area (Å²) in [5.41, 5.74) is 2.20. The lowest BCUT2D eigenvalue weighted by molar-refractivity contribution is -0.233. The molecule has 2 aromatic carbocycles. The zero-order valence-electron chi connectivity index (χ0n) is 21.3. The number of phenols is 3. The monoisotopic (exact) mass is 528 g/mol. The normalized spacial score (nSPS) is 20.3. The van der Waals surface area contributed by atoms with Crippen molar-refractivity contribution in [2.24, 2.45) is 0 Å². The Morgan fingerprint density at radius 1 is 1.16 bits per heavy atom. The summed E-state index contributed by atoms with van der Waals surface area (Å²) in [5, 5.41) is 41.2. The van der Waals surface area contributed by atoms with Crippen molar-refractivity contribution in [1.29, 1.82) is 0 Å². The Hall–Kier alpha value is -4.25. The highest BCUT2D eigenvalue weighted by molar-refractivity contribution is 5.98. The van der Waals surface area contributed by atoms with Gasteiger partial charge in [0.05, 0.1) is 7.11 Å². The summed E-state index contributed by atoms with van der Waals surface area (Å²) in [6.07, 6.45) is 0.653. The van der Waals surface area contributed by atoms with Gasteiger partial charge in [-0.25, -0.2) is 9.59 Å². The molecule has 11 heteroatoms. The molecule has 2 unspecified atom stereocenters. The van der Waals surface area contributed by atoms with Gasteiger partial charge in [-0.05, 0) is 38.3 Å². The third-order valence-corrected chi connectivity index (χ3v) is 6.68. The van der Waals surface area contributed by atoms with Gasteiger partial charge in [0.2, 0.25) is 0 Å². The van der Waals surface area contributed by atoms with Gasteiger partial charge in [0.25, 0.3) is 5.79 Å². The van der Waals surface area contributed by atoms with E-state index in [1.807, 2.05) is 0 Å². The van der Waals surface area contributed by atoms with Gasteiger partial charge < -0.3 is 39.4 Å². The second-order valence-corrected chi connectivity index (χ2v) is 9.41. The summed E-state index contributed by atoms with van der Waals surface area (Å²) in [7, 11) is 1.47. The Balaban J connectivity index is 1.48. The first-order valence-corrected chi connectivity index (χ1v) is 11.8. The maximum absolute atomic E-state index is 12.7. The number of ether oxygens (including phenoxy) is 4. The Labute approximate surface area is 217 Å². The van der Waals surface area contributed by atoms with E-state index in [0.29, 0.717) is 22.4 Å². The standard InChI is InChI=1S/C27H28O11/c1-12(5-7-15-22(31)21-17(11-36-25(21)32)13(2)23(15)35-4)6-8-19(30)37-24-16-9-14(28)10-18(29)20(16)26(33)38-27(24,3)34/h5,9-10,24,28-29,31,34H,6-8,11H2,1-4H3/b12-5+. The molecule has 38 heavy (non-hydrogen) atoms. The summed E-state index contributed by atoms with van der Waals surface area (Å²) in [6, 6.07) is 2.05. The number of aliphatic hydroxyl groups is 1. The third kappa shape index (κ3) is 4.72. The van der Waals surface area contributed by atoms with Gasteiger partial charge in [0.1, 0.15) is 40.7 Å². The first kappa shape index (κ1) is 26.8. The third-order valence-electron chi connectivity index (χ3n) is 6.68. The number of methoxy groups -OCH3 is 1. The lowest BCUT2D eigenvalue weighted by Gasteiger charge is -2.36. The van der Waals surface area contributed by atoms with E-state index >= 15 is 0 Å². The van der Waals surface area contributed by atoms with Crippen LogP contribution in [0, 0.1) is 6.92 Å². The van der Waals surface area contributed by atoms with Gasteiger partial charge in [-0.15, -0.1) is 0 Å². The highest BCUT2D eigenvalue weighted by atomic mass is 16.7. The van der Waals surface area contributed by atoms with Crippen molar-refractivity contribution >= 4 is 17.9 Å². The molecule has 0 fully saturated rings. The number of aromatic hydroxyl groups is 3. The maximum atomic E-state index is 12.7. The molecule has 2 atom stereocenters. The van der Waals surface area contributed by atoms with Crippen LogP contribution in [0.3, 0.4) is 0 Å². The molecule has 11 nitrogen and oxygen atoms in total. The van der Waals surface area contributed by atoms with Crippen molar-refractivity contribution in [3.8, 4) is 23.0 Å². The smallest absolute Gasteiger partial charge is 0.345 e. The Bertz CT molecular complexity index is 1370. The molecular formula is C27H28O11. The minimum absolute atomic E-state index is 0.0674. The molecule has 0 aromatic heterocycles. The molecule has 2 heterocycles. The number of rotatable bonds is 7. The van der Waals surface area contributed by atoms with E-state index < -0.39 is 35.5 Å². The predicted molar refractivity (Wildman–Crippen MR) is 130 cm³/mol. The van der Waals surface area contributed by atoms with Crippen molar-refractivity contribution in [2.75, 3.05) is 7.11 Å². The maximum Gasteiger partial charge on any atom is 0.345 e. The zero-order chi connectivity index (χ0) is 27.9. The molecule has 2 aliphatic heterocycles. The van der Waals surface area contributed by atoms with Crippen LogP contribution >= 0.6 is 0 Å². The lowest BCUT2D eigenvalue weighted by atomic mass is 9.93. The van der Waals surface area contributed by atoms with Crippen LogP contribution < -0.4 is 4.74 Å². The number of hydrogen-bond acceptors (Lipinski definition) is 11. The van der Waals surface area contributed by atoms with Gasteiger partial charge >= 0.3 is 17.9 Å². The van der Waals surface area contributed by atoms with Crippen LogP contribution in [0.25, 0.3) is 0 Å². The van der Waals surface area contributed by atoms with Gasteiger partial charge in [0, 0.05) is 36.1 Å². The summed E-state index contributed by atoms with van der Waals surface area (Å²) < 4.78 is 20.9. The van der Waals surface area contributed by atoms with Crippen LogP contribution in [-0.4, -0.2) is 51.2 Å².